The summed E-state index contributed by atoms with van der Waals surface area (Å²) in [4.78, 5) is 21.9. The Labute approximate surface area is 120 Å². The van der Waals surface area contributed by atoms with Gasteiger partial charge in [-0.15, -0.1) is 0 Å². The summed E-state index contributed by atoms with van der Waals surface area (Å²) in [7, 11) is 0. The molecule has 3 rings (SSSR count). The molecule has 0 radical (unpaired) electrons. The molecule has 0 aliphatic carbocycles. The Morgan fingerprint density at radius 2 is 1.90 bits per heavy atom. The average Bonchev–Trinajstić information content (AvgIpc) is 2.91. The standard InChI is InChI=1S/C16H12N2O3/c19-11-14-6-3-5-12-8-9-17(16(12)14)10-13-4-1-2-7-15(13)18(20)21/h1-9,11H,10H2. The third kappa shape index (κ3) is 2.29. The fourth-order valence-electron chi connectivity index (χ4n) is 2.52. The maximum atomic E-state index is 11.2. The van der Waals surface area contributed by atoms with Gasteiger partial charge in [-0.05, 0) is 12.1 Å². The molecule has 0 atom stereocenters. The van der Waals surface area contributed by atoms with Crippen LogP contribution in [0.15, 0.2) is 54.7 Å². The van der Waals surface area contributed by atoms with Gasteiger partial charge in [0, 0.05) is 28.8 Å². The average molecular weight is 280 g/mol. The highest BCUT2D eigenvalue weighted by molar-refractivity contribution is 5.96. The lowest BCUT2D eigenvalue weighted by atomic mass is 10.1. The van der Waals surface area contributed by atoms with Crippen LogP contribution >= 0.6 is 0 Å². The molecular formula is C16H12N2O3. The SMILES string of the molecule is O=Cc1cccc2ccn(Cc3ccccc3[N+](=O)[O-])c12. The third-order valence-electron chi connectivity index (χ3n) is 3.48. The third-order valence-corrected chi connectivity index (χ3v) is 3.48. The Kier molecular flexibility index (Phi) is 3.23. The number of nitrogens with zero attached hydrogens (tertiary/aromatic N) is 2. The van der Waals surface area contributed by atoms with E-state index in [0.29, 0.717) is 17.7 Å². The molecule has 104 valence electrons. The summed E-state index contributed by atoms with van der Waals surface area (Å²) >= 11 is 0. The zero-order valence-corrected chi connectivity index (χ0v) is 11.1. The molecule has 0 amide bonds. The van der Waals surface area contributed by atoms with Crippen LogP contribution in [0, 0.1) is 10.1 Å². The molecule has 1 heterocycles. The van der Waals surface area contributed by atoms with Crippen molar-refractivity contribution in [3.63, 3.8) is 0 Å². The molecule has 21 heavy (non-hydrogen) atoms. The Balaban J connectivity index is 2.11. The van der Waals surface area contributed by atoms with Gasteiger partial charge in [0.05, 0.1) is 17.0 Å². The second-order valence-electron chi connectivity index (χ2n) is 4.73. The highest BCUT2D eigenvalue weighted by Crippen LogP contribution is 2.24. The van der Waals surface area contributed by atoms with Gasteiger partial charge in [0.1, 0.15) is 0 Å². The van der Waals surface area contributed by atoms with Gasteiger partial charge in [0.25, 0.3) is 5.69 Å². The molecule has 0 aliphatic rings. The van der Waals surface area contributed by atoms with Gasteiger partial charge in [-0.2, -0.15) is 0 Å². The lowest BCUT2D eigenvalue weighted by molar-refractivity contribution is -0.385. The number of carbonyl (C=O) groups is 1. The van der Waals surface area contributed by atoms with Gasteiger partial charge in [0.15, 0.2) is 6.29 Å². The van der Waals surface area contributed by atoms with Crippen molar-refractivity contribution in [1.82, 2.24) is 4.57 Å². The molecule has 2 aromatic carbocycles. The molecule has 0 bridgehead atoms. The number of hydrogen-bond acceptors (Lipinski definition) is 3. The lowest BCUT2D eigenvalue weighted by Crippen LogP contribution is -2.03. The Morgan fingerprint density at radius 3 is 2.67 bits per heavy atom. The number of para-hydroxylation sites is 2. The van der Waals surface area contributed by atoms with Crippen molar-refractivity contribution in [2.75, 3.05) is 0 Å². The minimum atomic E-state index is -0.387. The number of carbonyl (C=O) groups excluding carboxylic acids is 1. The Hall–Kier alpha value is -2.95. The van der Waals surface area contributed by atoms with Crippen LogP contribution in [-0.2, 0) is 6.54 Å². The van der Waals surface area contributed by atoms with Gasteiger partial charge >= 0.3 is 0 Å². The van der Waals surface area contributed by atoms with E-state index >= 15 is 0 Å². The lowest BCUT2D eigenvalue weighted by Gasteiger charge is -2.08. The molecule has 0 fully saturated rings. The summed E-state index contributed by atoms with van der Waals surface area (Å²) in [5.74, 6) is 0. The van der Waals surface area contributed by atoms with Gasteiger partial charge in [-0.1, -0.05) is 30.3 Å². The van der Waals surface area contributed by atoms with Crippen LogP contribution < -0.4 is 0 Å². The summed E-state index contributed by atoms with van der Waals surface area (Å²) in [6.07, 6.45) is 2.65. The summed E-state index contributed by atoms with van der Waals surface area (Å²) < 4.78 is 1.86. The van der Waals surface area contributed by atoms with Gasteiger partial charge < -0.3 is 4.57 Å². The van der Waals surface area contributed by atoms with Crippen LogP contribution in [0.3, 0.4) is 0 Å². The number of nitro groups is 1. The minimum Gasteiger partial charge on any atom is -0.342 e. The van der Waals surface area contributed by atoms with E-state index in [1.165, 1.54) is 6.07 Å². The van der Waals surface area contributed by atoms with Crippen LogP contribution in [0.2, 0.25) is 0 Å². The first-order valence-electron chi connectivity index (χ1n) is 6.46. The largest absolute Gasteiger partial charge is 0.342 e. The van der Waals surface area contributed by atoms with Crippen molar-refractivity contribution < 1.29 is 9.72 Å². The summed E-state index contributed by atoms with van der Waals surface area (Å²) in [6, 6.07) is 14.0. The molecule has 5 heteroatoms. The van der Waals surface area contributed by atoms with Crippen molar-refractivity contribution in [2.45, 2.75) is 6.54 Å². The topological polar surface area (TPSA) is 65.1 Å². The fraction of sp³-hybridized carbons (Fsp3) is 0.0625. The number of aromatic nitrogens is 1. The van der Waals surface area contributed by atoms with Crippen molar-refractivity contribution in [2.24, 2.45) is 0 Å². The first kappa shape index (κ1) is 13.1. The van der Waals surface area contributed by atoms with E-state index in [9.17, 15) is 14.9 Å². The van der Waals surface area contributed by atoms with Crippen LogP contribution in [0.4, 0.5) is 5.69 Å². The van der Waals surface area contributed by atoms with Crippen molar-refractivity contribution in [1.29, 1.82) is 0 Å². The van der Waals surface area contributed by atoms with Crippen molar-refractivity contribution in [3.8, 4) is 0 Å². The summed E-state index contributed by atoms with van der Waals surface area (Å²) in [6.45, 7) is 0.353. The second kappa shape index (κ2) is 5.20. The molecule has 0 saturated heterocycles. The van der Waals surface area contributed by atoms with E-state index in [1.807, 2.05) is 29.0 Å². The van der Waals surface area contributed by atoms with E-state index in [-0.39, 0.29) is 10.6 Å². The quantitative estimate of drug-likeness (QED) is 0.418. The van der Waals surface area contributed by atoms with Gasteiger partial charge in [-0.3, -0.25) is 14.9 Å². The first-order chi connectivity index (χ1) is 10.2. The predicted molar refractivity (Wildman–Crippen MR) is 79.5 cm³/mol. The van der Waals surface area contributed by atoms with Crippen LogP contribution in [0.5, 0.6) is 0 Å². The number of hydrogen-bond donors (Lipinski definition) is 0. The van der Waals surface area contributed by atoms with Gasteiger partial charge in [0.2, 0.25) is 0 Å². The number of nitro benzene ring substituents is 1. The van der Waals surface area contributed by atoms with E-state index < -0.39 is 0 Å². The fourth-order valence-corrected chi connectivity index (χ4v) is 2.52. The molecule has 1 aromatic heterocycles. The molecule has 0 spiro atoms. The molecule has 0 N–H and O–H groups in total. The molecule has 0 unspecified atom stereocenters. The van der Waals surface area contributed by atoms with E-state index in [1.54, 1.807) is 24.3 Å². The maximum absolute atomic E-state index is 11.2. The van der Waals surface area contributed by atoms with Crippen LogP contribution in [0.1, 0.15) is 15.9 Å². The van der Waals surface area contributed by atoms with E-state index in [0.717, 1.165) is 17.2 Å². The Morgan fingerprint density at radius 1 is 1.10 bits per heavy atom. The predicted octanol–water partition coefficient (Wildman–Crippen LogP) is 3.41. The summed E-state index contributed by atoms with van der Waals surface area (Å²) in [5, 5.41) is 12.0. The number of fused-ring (bicyclic) bond motifs is 1. The normalized spacial score (nSPS) is 10.7. The van der Waals surface area contributed by atoms with Crippen molar-refractivity contribution >= 4 is 22.9 Å². The van der Waals surface area contributed by atoms with E-state index in [4.69, 9.17) is 0 Å². The zero-order chi connectivity index (χ0) is 14.8. The van der Waals surface area contributed by atoms with Crippen molar-refractivity contribution in [3.05, 3.63) is 76.0 Å². The molecule has 3 aromatic rings. The van der Waals surface area contributed by atoms with Gasteiger partial charge in [-0.25, -0.2) is 0 Å². The van der Waals surface area contributed by atoms with Crippen LogP contribution in [-0.4, -0.2) is 15.8 Å². The first-order valence-corrected chi connectivity index (χ1v) is 6.46. The van der Waals surface area contributed by atoms with E-state index in [2.05, 4.69) is 0 Å². The smallest absolute Gasteiger partial charge is 0.274 e. The monoisotopic (exact) mass is 280 g/mol. The maximum Gasteiger partial charge on any atom is 0.274 e. The number of benzene rings is 2. The summed E-state index contributed by atoms with van der Waals surface area (Å²) in [5.41, 5.74) is 2.07. The molecule has 5 nitrogen and oxygen atoms in total. The highest BCUT2D eigenvalue weighted by Gasteiger charge is 2.14. The zero-order valence-electron chi connectivity index (χ0n) is 11.1. The van der Waals surface area contributed by atoms with Crippen LogP contribution in [0.25, 0.3) is 10.9 Å². The second-order valence-corrected chi connectivity index (χ2v) is 4.73. The minimum absolute atomic E-state index is 0.0861. The number of aldehydes is 1. The highest BCUT2D eigenvalue weighted by atomic mass is 16.6. The molecule has 0 aliphatic heterocycles. The Bertz CT molecular complexity index is 836. The number of rotatable bonds is 4. The molecular weight excluding hydrogens is 268 g/mol. The molecule has 0 saturated carbocycles.